The summed E-state index contributed by atoms with van der Waals surface area (Å²) in [5.41, 5.74) is 2.55. The summed E-state index contributed by atoms with van der Waals surface area (Å²) < 4.78 is 5.64. The van der Waals surface area contributed by atoms with Crippen LogP contribution in [0.3, 0.4) is 0 Å². The molecule has 0 spiro atoms. The van der Waals surface area contributed by atoms with Crippen LogP contribution in [0.2, 0.25) is 5.02 Å². The number of rotatable bonds is 4. The molecule has 0 aromatic heterocycles. The van der Waals surface area contributed by atoms with E-state index in [1.807, 2.05) is 18.2 Å². The number of aliphatic hydroxyl groups excluding tert-OH is 4. The number of hydrogen-bond donors (Lipinski definition) is 4. The normalized spacial score (nSPS) is 35.3. The molecule has 7 atom stereocenters. The Morgan fingerprint density at radius 2 is 1.93 bits per heavy atom. The summed E-state index contributed by atoms with van der Waals surface area (Å²) in [4.78, 5) is 0. The van der Waals surface area contributed by atoms with Crippen LogP contribution in [-0.2, 0) is 11.2 Å². The van der Waals surface area contributed by atoms with Crippen molar-refractivity contribution in [2.45, 2.75) is 43.9 Å². The van der Waals surface area contributed by atoms with Gasteiger partial charge in [-0.25, -0.2) is 0 Å². The Morgan fingerprint density at radius 1 is 1.18 bits per heavy atom. The molecule has 28 heavy (non-hydrogen) atoms. The zero-order valence-electron chi connectivity index (χ0n) is 15.6. The summed E-state index contributed by atoms with van der Waals surface area (Å²) in [6.07, 6.45) is 6.30. The molecular formula is C22H25ClO5. The summed E-state index contributed by atoms with van der Waals surface area (Å²) in [6.45, 7) is 1.60. The first-order valence-corrected chi connectivity index (χ1v) is 9.67. The molecule has 1 aliphatic heterocycles. The Hall–Kier alpha value is -1.65. The van der Waals surface area contributed by atoms with Crippen molar-refractivity contribution in [3.63, 3.8) is 0 Å². The highest BCUT2D eigenvalue weighted by Gasteiger charge is 2.44. The van der Waals surface area contributed by atoms with Gasteiger partial charge in [-0.3, -0.25) is 0 Å². The van der Waals surface area contributed by atoms with E-state index in [0.717, 1.165) is 11.1 Å². The van der Waals surface area contributed by atoms with E-state index in [0.29, 0.717) is 17.0 Å². The molecule has 0 radical (unpaired) electrons. The Kier molecular flexibility index (Phi) is 6.61. The van der Waals surface area contributed by atoms with Crippen molar-refractivity contribution >= 4 is 11.6 Å². The standard InChI is InChI=1S/C22H25ClO5/c1-3-14-5-4-13(8-12(14)2)9-16-10-15(6-7-17(16)23)22-21(27)20(26)19(25)18(11-24)28-22/h1,4-8,10,12,14,18-22,24-27H,9,11H2,2H3. The maximum Gasteiger partial charge on any atom is 0.113 e. The van der Waals surface area contributed by atoms with E-state index in [1.54, 1.807) is 12.1 Å². The van der Waals surface area contributed by atoms with Crippen molar-refractivity contribution in [3.05, 3.63) is 58.1 Å². The molecule has 2 aliphatic rings. The van der Waals surface area contributed by atoms with Gasteiger partial charge < -0.3 is 25.2 Å². The Morgan fingerprint density at radius 3 is 2.57 bits per heavy atom. The van der Waals surface area contributed by atoms with Gasteiger partial charge >= 0.3 is 0 Å². The lowest BCUT2D eigenvalue weighted by Crippen LogP contribution is -2.55. The Balaban J connectivity index is 1.84. The monoisotopic (exact) mass is 404 g/mol. The highest BCUT2D eigenvalue weighted by Crippen LogP contribution is 2.35. The SMILES string of the molecule is C#CC1C=CC(Cc2cc(C3OC(CO)C(O)C(O)C3O)ccc2Cl)=CC1C. The second kappa shape index (κ2) is 8.79. The van der Waals surface area contributed by atoms with Crippen molar-refractivity contribution in [1.82, 2.24) is 0 Å². The molecule has 3 rings (SSSR count). The molecule has 1 aromatic rings. The third-order valence-corrected chi connectivity index (χ3v) is 5.81. The van der Waals surface area contributed by atoms with E-state index in [4.69, 9.17) is 22.8 Å². The molecule has 0 saturated carbocycles. The van der Waals surface area contributed by atoms with E-state index >= 15 is 0 Å². The van der Waals surface area contributed by atoms with E-state index in [9.17, 15) is 20.4 Å². The molecule has 1 saturated heterocycles. The van der Waals surface area contributed by atoms with Crippen LogP contribution in [0.15, 0.2) is 42.0 Å². The number of allylic oxidation sites excluding steroid dienone is 4. The first-order valence-electron chi connectivity index (χ1n) is 9.29. The maximum absolute atomic E-state index is 10.4. The Bertz CT molecular complexity index is 810. The topological polar surface area (TPSA) is 90.2 Å². The van der Waals surface area contributed by atoms with Crippen LogP contribution in [0, 0.1) is 24.2 Å². The van der Waals surface area contributed by atoms with Gasteiger partial charge in [0.25, 0.3) is 0 Å². The quantitative estimate of drug-likeness (QED) is 0.574. The number of ether oxygens (including phenoxy) is 1. The van der Waals surface area contributed by atoms with Crippen LogP contribution in [0.25, 0.3) is 0 Å². The van der Waals surface area contributed by atoms with Crippen LogP contribution >= 0.6 is 11.6 Å². The van der Waals surface area contributed by atoms with Crippen molar-refractivity contribution in [3.8, 4) is 12.3 Å². The van der Waals surface area contributed by atoms with Crippen LogP contribution in [0.5, 0.6) is 0 Å². The smallest absolute Gasteiger partial charge is 0.113 e. The van der Waals surface area contributed by atoms with E-state index in [1.165, 1.54) is 0 Å². The van der Waals surface area contributed by atoms with Gasteiger partial charge in [0.15, 0.2) is 0 Å². The fourth-order valence-corrected chi connectivity index (χ4v) is 3.91. The van der Waals surface area contributed by atoms with Crippen molar-refractivity contribution in [1.29, 1.82) is 0 Å². The third kappa shape index (κ3) is 4.18. The van der Waals surface area contributed by atoms with Gasteiger partial charge in [-0.05, 0) is 35.1 Å². The fourth-order valence-electron chi connectivity index (χ4n) is 3.73. The molecule has 0 bridgehead atoms. The molecule has 150 valence electrons. The summed E-state index contributed by atoms with van der Waals surface area (Å²) in [5.74, 6) is 3.07. The summed E-state index contributed by atoms with van der Waals surface area (Å²) in [5, 5.41) is 40.3. The predicted octanol–water partition coefficient (Wildman–Crippen LogP) is 1.78. The molecule has 1 heterocycles. The number of halogens is 1. The van der Waals surface area contributed by atoms with Crippen molar-refractivity contribution in [2.75, 3.05) is 6.61 Å². The average Bonchev–Trinajstić information content (AvgIpc) is 2.68. The van der Waals surface area contributed by atoms with E-state index < -0.39 is 37.1 Å². The highest BCUT2D eigenvalue weighted by molar-refractivity contribution is 6.31. The highest BCUT2D eigenvalue weighted by atomic mass is 35.5. The fraction of sp³-hybridized carbons (Fsp3) is 0.455. The largest absolute Gasteiger partial charge is 0.394 e. The maximum atomic E-state index is 10.4. The van der Waals surface area contributed by atoms with Gasteiger partial charge in [0, 0.05) is 10.9 Å². The molecule has 5 nitrogen and oxygen atoms in total. The third-order valence-electron chi connectivity index (χ3n) is 5.44. The number of terminal acetylenes is 1. The van der Waals surface area contributed by atoms with Crippen LogP contribution < -0.4 is 0 Å². The lowest BCUT2D eigenvalue weighted by Gasteiger charge is -2.40. The van der Waals surface area contributed by atoms with Gasteiger partial charge in [0.05, 0.1) is 6.61 Å². The molecule has 0 amide bonds. The zero-order valence-corrected chi connectivity index (χ0v) is 16.3. The molecule has 1 aromatic carbocycles. The molecule has 1 aliphatic carbocycles. The van der Waals surface area contributed by atoms with Crippen LogP contribution in [0.1, 0.15) is 24.2 Å². The second-order valence-corrected chi connectivity index (χ2v) is 7.84. The van der Waals surface area contributed by atoms with Crippen molar-refractivity contribution < 1.29 is 25.2 Å². The summed E-state index contributed by atoms with van der Waals surface area (Å²) in [7, 11) is 0. The molecule has 4 N–H and O–H groups in total. The number of aliphatic hydroxyl groups is 4. The lowest BCUT2D eigenvalue weighted by atomic mass is 9.85. The second-order valence-electron chi connectivity index (χ2n) is 7.43. The minimum absolute atomic E-state index is 0.0830. The van der Waals surface area contributed by atoms with Gasteiger partial charge in [0.2, 0.25) is 0 Å². The van der Waals surface area contributed by atoms with E-state index in [2.05, 4.69) is 18.9 Å². The first-order chi connectivity index (χ1) is 13.3. The molecule has 6 heteroatoms. The summed E-state index contributed by atoms with van der Waals surface area (Å²) in [6, 6.07) is 5.25. The number of hydrogen-bond acceptors (Lipinski definition) is 5. The molecular weight excluding hydrogens is 380 g/mol. The van der Waals surface area contributed by atoms with Gasteiger partial charge in [-0.2, -0.15) is 0 Å². The minimum Gasteiger partial charge on any atom is -0.394 e. The average molecular weight is 405 g/mol. The summed E-state index contributed by atoms with van der Waals surface area (Å²) >= 11 is 6.37. The van der Waals surface area contributed by atoms with Gasteiger partial charge in [0.1, 0.15) is 30.5 Å². The predicted molar refractivity (Wildman–Crippen MR) is 107 cm³/mol. The minimum atomic E-state index is -1.42. The van der Waals surface area contributed by atoms with Crippen LogP contribution in [0.4, 0.5) is 0 Å². The Labute approximate surface area is 169 Å². The zero-order chi connectivity index (χ0) is 20.4. The van der Waals surface area contributed by atoms with Gasteiger partial charge in [-0.15, -0.1) is 6.42 Å². The molecule has 1 fully saturated rings. The number of benzene rings is 1. The van der Waals surface area contributed by atoms with Crippen LogP contribution in [-0.4, -0.2) is 51.4 Å². The van der Waals surface area contributed by atoms with Crippen molar-refractivity contribution in [2.24, 2.45) is 11.8 Å². The van der Waals surface area contributed by atoms with E-state index in [-0.39, 0.29) is 11.8 Å². The molecule has 7 unspecified atom stereocenters. The lowest BCUT2D eigenvalue weighted by molar-refractivity contribution is -0.231. The first kappa shape index (κ1) is 21.1. The van der Waals surface area contributed by atoms with Gasteiger partial charge in [-0.1, -0.05) is 54.8 Å².